The van der Waals surface area contributed by atoms with Crippen molar-refractivity contribution in [3.63, 3.8) is 0 Å². The summed E-state index contributed by atoms with van der Waals surface area (Å²) < 4.78 is 27.9. The number of sulfonamides is 1. The van der Waals surface area contributed by atoms with Crippen molar-refractivity contribution in [1.82, 2.24) is 9.62 Å². The molecule has 0 aliphatic carbocycles. The van der Waals surface area contributed by atoms with Crippen LogP contribution in [0.1, 0.15) is 19.4 Å². The second kappa shape index (κ2) is 7.40. The topological polar surface area (TPSA) is 75.4 Å². The lowest BCUT2D eigenvalue weighted by molar-refractivity contribution is 0.309. The van der Waals surface area contributed by atoms with E-state index in [1.165, 1.54) is 6.07 Å². The van der Waals surface area contributed by atoms with E-state index in [0.29, 0.717) is 28.8 Å². The van der Waals surface area contributed by atoms with Crippen LogP contribution < -0.4 is 10.5 Å². The van der Waals surface area contributed by atoms with Crippen LogP contribution in [0.25, 0.3) is 0 Å². The monoisotopic (exact) mass is 363 g/mol. The molecule has 0 saturated carbocycles. The van der Waals surface area contributed by atoms with Crippen molar-refractivity contribution in [2.24, 2.45) is 0 Å². The molecule has 1 aromatic rings. The number of likely N-dealkylation sites (N-methyl/N-ethyl adjacent to an activating group) is 1. The lowest BCUT2D eigenvalue weighted by atomic mass is 10.2. The highest BCUT2D eigenvalue weighted by atomic mass is 79.9. The van der Waals surface area contributed by atoms with Gasteiger partial charge in [0.15, 0.2) is 0 Å². The van der Waals surface area contributed by atoms with E-state index in [9.17, 15) is 8.42 Å². The van der Waals surface area contributed by atoms with Gasteiger partial charge in [0.25, 0.3) is 0 Å². The molecule has 3 N–H and O–H groups in total. The standard InChI is InChI=1S/C13H22BrN3O2S/c1-4-17(5-2)7-6-16-20(18,19)13-9-12(15)11(14)8-10(13)3/h8-9,16H,4-7,15H2,1-3H3. The molecule has 0 spiro atoms. The number of hydrogen-bond acceptors (Lipinski definition) is 4. The zero-order chi connectivity index (χ0) is 15.3. The summed E-state index contributed by atoms with van der Waals surface area (Å²) in [6.45, 7) is 8.75. The second-order valence-electron chi connectivity index (χ2n) is 4.56. The maximum Gasteiger partial charge on any atom is 0.240 e. The summed E-state index contributed by atoms with van der Waals surface area (Å²) in [6, 6.07) is 3.20. The molecule has 0 unspecified atom stereocenters. The van der Waals surface area contributed by atoms with Crippen LogP contribution in [0.15, 0.2) is 21.5 Å². The van der Waals surface area contributed by atoms with Gasteiger partial charge in [0.05, 0.1) is 4.90 Å². The highest BCUT2D eigenvalue weighted by Crippen LogP contribution is 2.26. The summed E-state index contributed by atoms with van der Waals surface area (Å²) in [7, 11) is -3.52. The number of nitrogens with two attached hydrogens (primary N) is 1. The minimum Gasteiger partial charge on any atom is -0.398 e. The lowest BCUT2D eigenvalue weighted by Crippen LogP contribution is -2.35. The molecular weight excluding hydrogens is 342 g/mol. The molecule has 0 saturated heterocycles. The molecule has 114 valence electrons. The Labute approximate surface area is 129 Å². The molecule has 7 heteroatoms. The first-order valence-electron chi connectivity index (χ1n) is 6.59. The van der Waals surface area contributed by atoms with Gasteiger partial charge in [-0.05, 0) is 53.6 Å². The van der Waals surface area contributed by atoms with Gasteiger partial charge in [-0.15, -0.1) is 0 Å². The quantitative estimate of drug-likeness (QED) is 0.726. The Morgan fingerprint density at radius 2 is 1.90 bits per heavy atom. The largest absolute Gasteiger partial charge is 0.398 e. The number of benzene rings is 1. The Bertz CT molecular complexity index is 557. The fraction of sp³-hybridized carbons (Fsp3) is 0.538. The Balaban J connectivity index is 2.82. The van der Waals surface area contributed by atoms with Crippen LogP contribution >= 0.6 is 15.9 Å². The minimum absolute atomic E-state index is 0.234. The average Bonchev–Trinajstić information content (AvgIpc) is 2.38. The van der Waals surface area contributed by atoms with Gasteiger partial charge in [-0.3, -0.25) is 0 Å². The molecule has 5 nitrogen and oxygen atoms in total. The highest BCUT2D eigenvalue weighted by molar-refractivity contribution is 9.10. The zero-order valence-corrected chi connectivity index (χ0v) is 14.5. The summed E-state index contributed by atoms with van der Waals surface area (Å²) in [5.41, 5.74) is 6.84. The first kappa shape index (κ1) is 17.4. The molecule has 0 bridgehead atoms. The van der Waals surface area contributed by atoms with Crippen LogP contribution in [-0.2, 0) is 10.0 Å². The molecule has 20 heavy (non-hydrogen) atoms. The summed E-state index contributed by atoms with van der Waals surface area (Å²) in [5.74, 6) is 0. The van der Waals surface area contributed by atoms with Crippen molar-refractivity contribution in [2.45, 2.75) is 25.7 Å². The molecule has 0 fully saturated rings. The van der Waals surface area contributed by atoms with Crippen molar-refractivity contribution in [3.05, 3.63) is 22.2 Å². The number of hydrogen-bond donors (Lipinski definition) is 2. The minimum atomic E-state index is -3.52. The summed E-state index contributed by atoms with van der Waals surface area (Å²) in [4.78, 5) is 2.39. The smallest absolute Gasteiger partial charge is 0.240 e. The maximum atomic E-state index is 12.3. The van der Waals surface area contributed by atoms with Gasteiger partial charge in [-0.2, -0.15) is 0 Å². The van der Waals surface area contributed by atoms with Crippen LogP contribution in [0.2, 0.25) is 0 Å². The summed E-state index contributed by atoms with van der Waals surface area (Å²) >= 11 is 3.29. The maximum absolute atomic E-state index is 12.3. The normalized spacial score (nSPS) is 12.1. The molecule has 1 aromatic carbocycles. The van der Waals surface area contributed by atoms with E-state index in [1.54, 1.807) is 13.0 Å². The Morgan fingerprint density at radius 3 is 2.45 bits per heavy atom. The van der Waals surface area contributed by atoms with Crippen LogP contribution in [-0.4, -0.2) is 39.5 Å². The molecular formula is C13H22BrN3O2S. The number of nitrogen functional groups attached to an aromatic ring is 1. The predicted molar refractivity (Wildman–Crippen MR) is 86.3 cm³/mol. The van der Waals surface area contributed by atoms with E-state index < -0.39 is 10.0 Å². The van der Waals surface area contributed by atoms with Gasteiger partial charge in [0.2, 0.25) is 10.0 Å². The fourth-order valence-corrected chi connectivity index (χ4v) is 3.65. The van der Waals surface area contributed by atoms with Crippen molar-refractivity contribution < 1.29 is 8.42 Å². The van der Waals surface area contributed by atoms with Crippen LogP contribution in [0.5, 0.6) is 0 Å². The van der Waals surface area contributed by atoms with E-state index in [2.05, 4.69) is 39.4 Å². The van der Waals surface area contributed by atoms with E-state index in [4.69, 9.17) is 5.73 Å². The molecule has 0 aromatic heterocycles. The zero-order valence-electron chi connectivity index (χ0n) is 12.1. The Kier molecular flexibility index (Phi) is 6.44. The number of nitrogens with one attached hydrogen (secondary N) is 1. The van der Waals surface area contributed by atoms with Crippen molar-refractivity contribution >= 4 is 31.6 Å². The average molecular weight is 364 g/mol. The number of rotatable bonds is 7. The van der Waals surface area contributed by atoms with Gasteiger partial charge >= 0.3 is 0 Å². The van der Waals surface area contributed by atoms with Crippen LogP contribution in [0.3, 0.4) is 0 Å². The van der Waals surface area contributed by atoms with E-state index in [0.717, 1.165) is 13.1 Å². The van der Waals surface area contributed by atoms with Gasteiger partial charge in [-0.1, -0.05) is 13.8 Å². The SMILES string of the molecule is CCN(CC)CCNS(=O)(=O)c1cc(N)c(Br)cc1C. The van der Waals surface area contributed by atoms with Crippen LogP contribution in [0.4, 0.5) is 5.69 Å². The number of nitrogens with zero attached hydrogens (tertiary/aromatic N) is 1. The first-order chi connectivity index (χ1) is 9.31. The third kappa shape index (κ3) is 4.44. The van der Waals surface area contributed by atoms with E-state index in [1.807, 2.05) is 0 Å². The van der Waals surface area contributed by atoms with Crippen molar-refractivity contribution in [1.29, 1.82) is 0 Å². The van der Waals surface area contributed by atoms with Gasteiger partial charge in [0, 0.05) is 23.2 Å². The molecule has 0 radical (unpaired) electrons. The third-order valence-corrected chi connectivity index (χ3v) is 5.49. The summed E-state index contributed by atoms with van der Waals surface area (Å²) in [5, 5.41) is 0. The number of aryl methyl sites for hydroxylation is 1. The highest BCUT2D eigenvalue weighted by Gasteiger charge is 2.18. The van der Waals surface area contributed by atoms with Crippen molar-refractivity contribution in [2.75, 3.05) is 31.9 Å². The lowest BCUT2D eigenvalue weighted by Gasteiger charge is -2.18. The molecule has 1 rings (SSSR count). The summed E-state index contributed by atoms with van der Waals surface area (Å²) in [6.07, 6.45) is 0. The molecule has 0 heterocycles. The van der Waals surface area contributed by atoms with E-state index >= 15 is 0 Å². The third-order valence-electron chi connectivity index (χ3n) is 3.20. The van der Waals surface area contributed by atoms with E-state index in [-0.39, 0.29) is 4.90 Å². The Morgan fingerprint density at radius 1 is 1.30 bits per heavy atom. The number of halogens is 1. The fourth-order valence-electron chi connectivity index (χ4n) is 1.91. The van der Waals surface area contributed by atoms with Crippen molar-refractivity contribution in [3.8, 4) is 0 Å². The first-order valence-corrected chi connectivity index (χ1v) is 8.87. The molecule has 0 atom stereocenters. The Hall–Kier alpha value is -0.630. The second-order valence-corrected chi connectivity index (χ2v) is 7.15. The van der Waals surface area contributed by atoms with Gasteiger partial charge in [0.1, 0.15) is 0 Å². The molecule has 0 aliphatic heterocycles. The van der Waals surface area contributed by atoms with Crippen LogP contribution in [0, 0.1) is 6.92 Å². The van der Waals surface area contributed by atoms with Gasteiger partial charge < -0.3 is 10.6 Å². The molecule has 0 aliphatic rings. The molecule has 0 amide bonds. The predicted octanol–water partition coefficient (Wildman–Crippen LogP) is 1.96. The number of anilines is 1. The van der Waals surface area contributed by atoms with Gasteiger partial charge in [-0.25, -0.2) is 13.1 Å².